The Kier molecular flexibility index (Phi) is 4.30. The maximum atomic E-state index is 12.9. The Balaban J connectivity index is 1.53. The lowest BCUT2D eigenvalue weighted by molar-refractivity contribution is -0.118. The maximum absolute atomic E-state index is 12.9. The first kappa shape index (κ1) is 16.8. The van der Waals surface area contributed by atoms with E-state index in [9.17, 15) is 14.0 Å². The normalized spacial score (nSPS) is 10.9. The summed E-state index contributed by atoms with van der Waals surface area (Å²) < 4.78 is 23.9. The van der Waals surface area contributed by atoms with Crippen LogP contribution in [0.3, 0.4) is 0 Å². The molecule has 0 atom stereocenters. The molecule has 0 unspecified atom stereocenters. The van der Waals surface area contributed by atoms with Crippen LogP contribution in [0.15, 0.2) is 75.9 Å². The number of halogens is 1. The Morgan fingerprint density at radius 2 is 1.70 bits per heavy atom. The molecular weight excluding hydrogens is 349 g/mol. The quantitative estimate of drug-likeness (QED) is 0.554. The molecule has 134 valence electrons. The Morgan fingerprint density at radius 3 is 2.52 bits per heavy atom. The molecule has 27 heavy (non-hydrogen) atoms. The summed E-state index contributed by atoms with van der Waals surface area (Å²) in [6.07, 6.45) is 0. The molecule has 0 aliphatic rings. The summed E-state index contributed by atoms with van der Waals surface area (Å²) in [6.45, 7) is -0.231. The van der Waals surface area contributed by atoms with Crippen LogP contribution in [-0.2, 0) is 4.79 Å². The van der Waals surface area contributed by atoms with Crippen LogP contribution in [0.1, 0.15) is 0 Å². The first-order chi connectivity index (χ1) is 13.1. The number of para-hydroxylation sites is 1. The van der Waals surface area contributed by atoms with E-state index in [0.717, 1.165) is 0 Å². The van der Waals surface area contributed by atoms with Gasteiger partial charge in [0.2, 0.25) is 5.43 Å². The summed E-state index contributed by atoms with van der Waals surface area (Å²) in [7, 11) is 0. The smallest absolute Gasteiger partial charge is 0.262 e. The van der Waals surface area contributed by atoms with Crippen molar-refractivity contribution >= 4 is 33.5 Å². The van der Waals surface area contributed by atoms with E-state index >= 15 is 0 Å². The fourth-order valence-corrected chi connectivity index (χ4v) is 2.76. The second kappa shape index (κ2) is 6.92. The van der Waals surface area contributed by atoms with Gasteiger partial charge in [-0.1, -0.05) is 12.1 Å². The van der Waals surface area contributed by atoms with E-state index < -0.39 is 0 Å². The minimum absolute atomic E-state index is 0.121. The SMILES string of the molecule is O=C(COc1ccc(F)cc1)Nc1ccc2c(=O)c3ccccc3oc2c1. The Labute approximate surface area is 153 Å². The van der Waals surface area contributed by atoms with E-state index in [1.807, 2.05) is 0 Å². The van der Waals surface area contributed by atoms with Gasteiger partial charge in [0.1, 0.15) is 22.7 Å². The first-order valence-electron chi connectivity index (χ1n) is 8.24. The van der Waals surface area contributed by atoms with Crippen molar-refractivity contribution in [3.63, 3.8) is 0 Å². The number of nitrogens with one attached hydrogen (secondary N) is 1. The summed E-state index contributed by atoms with van der Waals surface area (Å²) in [4.78, 5) is 24.6. The van der Waals surface area contributed by atoms with Crippen molar-refractivity contribution < 1.29 is 18.3 Å². The van der Waals surface area contributed by atoms with Gasteiger partial charge in [-0.2, -0.15) is 0 Å². The largest absolute Gasteiger partial charge is 0.484 e. The predicted octanol–water partition coefficient (Wildman–Crippen LogP) is 4.10. The minimum Gasteiger partial charge on any atom is -0.484 e. The molecule has 0 spiro atoms. The van der Waals surface area contributed by atoms with Crippen molar-refractivity contribution in [2.45, 2.75) is 0 Å². The summed E-state index contributed by atoms with van der Waals surface area (Å²) in [5, 5.41) is 3.63. The van der Waals surface area contributed by atoms with Gasteiger partial charge in [-0.05, 0) is 48.5 Å². The molecule has 5 nitrogen and oxygen atoms in total. The monoisotopic (exact) mass is 363 g/mol. The van der Waals surface area contributed by atoms with E-state index in [2.05, 4.69) is 5.32 Å². The fourth-order valence-electron chi connectivity index (χ4n) is 2.76. The molecule has 1 aromatic heterocycles. The average Bonchev–Trinajstić information content (AvgIpc) is 2.68. The third-order valence-corrected chi connectivity index (χ3v) is 4.05. The molecule has 0 saturated heterocycles. The van der Waals surface area contributed by atoms with Crippen LogP contribution >= 0.6 is 0 Å². The number of amides is 1. The number of benzene rings is 3. The average molecular weight is 363 g/mol. The summed E-state index contributed by atoms with van der Waals surface area (Å²) in [5.41, 5.74) is 1.23. The summed E-state index contributed by atoms with van der Waals surface area (Å²) >= 11 is 0. The van der Waals surface area contributed by atoms with Gasteiger partial charge in [-0.15, -0.1) is 0 Å². The van der Waals surface area contributed by atoms with Crippen LogP contribution in [0.2, 0.25) is 0 Å². The van der Waals surface area contributed by atoms with E-state index in [1.54, 1.807) is 42.5 Å². The number of rotatable bonds is 4. The van der Waals surface area contributed by atoms with Gasteiger partial charge < -0.3 is 14.5 Å². The number of carbonyl (C=O) groups excluding carboxylic acids is 1. The van der Waals surface area contributed by atoms with Crippen molar-refractivity contribution in [2.24, 2.45) is 0 Å². The van der Waals surface area contributed by atoms with Gasteiger partial charge in [-0.3, -0.25) is 9.59 Å². The van der Waals surface area contributed by atoms with Crippen molar-refractivity contribution in [3.05, 3.63) is 82.8 Å². The van der Waals surface area contributed by atoms with E-state index in [0.29, 0.717) is 33.4 Å². The molecule has 0 aliphatic carbocycles. The number of anilines is 1. The number of carbonyl (C=O) groups is 1. The molecule has 0 bridgehead atoms. The molecular formula is C21H14FNO4. The molecule has 4 aromatic rings. The summed E-state index contributed by atoms with van der Waals surface area (Å²) in [6, 6.07) is 17.2. The third-order valence-electron chi connectivity index (χ3n) is 4.05. The van der Waals surface area contributed by atoms with E-state index in [4.69, 9.17) is 9.15 Å². The second-order valence-electron chi connectivity index (χ2n) is 5.93. The zero-order valence-corrected chi connectivity index (χ0v) is 14.1. The Morgan fingerprint density at radius 1 is 0.963 bits per heavy atom. The van der Waals surface area contributed by atoms with Crippen LogP contribution in [0.4, 0.5) is 10.1 Å². The highest BCUT2D eigenvalue weighted by atomic mass is 19.1. The molecule has 0 saturated carbocycles. The van der Waals surface area contributed by atoms with Gasteiger partial charge in [0.15, 0.2) is 6.61 Å². The molecule has 1 heterocycles. The second-order valence-corrected chi connectivity index (χ2v) is 5.93. The van der Waals surface area contributed by atoms with Gasteiger partial charge in [0, 0.05) is 11.8 Å². The molecule has 0 radical (unpaired) electrons. The van der Waals surface area contributed by atoms with Gasteiger partial charge in [-0.25, -0.2) is 4.39 Å². The summed E-state index contributed by atoms with van der Waals surface area (Å²) in [5.74, 6) is -0.374. The number of fused-ring (bicyclic) bond motifs is 2. The Bertz CT molecular complexity index is 1200. The van der Waals surface area contributed by atoms with Crippen molar-refractivity contribution in [3.8, 4) is 5.75 Å². The highest BCUT2D eigenvalue weighted by molar-refractivity contribution is 5.96. The fraction of sp³-hybridized carbons (Fsp3) is 0.0476. The number of hydrogen-bond donors (Lipinski definition) is 1. The molecule has 6 heteroatoms. The van der Waals surface area contributed by atoms with Crippen LogP contribution in [0.5, 0.6) is 5.75 Å². The van der Waals surface area contributed by atoms with Crippen molar-refractivity contribution in [1.82, 2.24) is 0 Å². The molecule has 1 N–H and O–H groups in total. The molecule has 4 rings (SSSR count). The van der Waals surface area contributed by atoms with Crippen molar-refractivity contribution in [1.29, 1.82) is 0 Å². The van der Waals surface area contributed by atoms with Crippen LogP contribution in [0, 0.1) is 5.82 Å². The Hall–Kier alpha value is -3.67. The zero-order chi connectivity index (χ0) is 18.8. The van der Waals surface area contributed by atoms with Crippen LogP contribution < -0.4 is 15.5 Å². The van der Waals surface area contributed by atoms with Gasteiger partial charge in [0.05, 0.1) is 10.8 Å². The lowest BCUT2D eigenvalue weighted by Gasteiger charge is -2.08. The predicted molar refractivity (Wildman–Crippen MR) is 101 cm³/mol. The lowest BCUT2D eigenvalue weighted by atomic mass is 10.1. The van der Waals surface area contributed by atoms with Crippen LogP contribution in [0.25, 0.3) is 21.9 Å². The minimum atomic E-state index is -0.387. The van der Waals surface area contributed by atoms with Gasteiger partial charge in [0.25, 0.3) is 5.91 Å². The standard InChI is InChI=1S/C21H14FNO4/c22-13-5-8-15(9-6-13)26-12-20(24)23-14-7-10-17-19(11-14)27-18-4-2-1-3-16(18)21(17)25/h1-11H,12H2,(H,23,24). The zero-order valence-electron chi connectivity index (χ0n) is 14.1. The number of ether oxygens (including phenoxy) is 1. The molecule has 3 aromatic carbocycles. The maximum Gasteiger partial charge on any atom is 0.262 e. The van der Waals surface area contributed by atoms with E-state index in [1.165, 1.54) is 24.3 Å². The van der Waals surface area contributed by atoms with Gasteiger partial charge >= 0.3 is 0 Å². The first-order valence-corrected chi connectivity index (χ1v) is 8.24. The molecule has 1 amide bonds. The number of hydrogen-bond acceptors (Lipinski definition) is 4. The third kappa shape index (κ3) is 3.50. The van der Waals surface area contributed by atoms with Crippen LogP contribution in [-0.4, -0.2) is 12.5 Å². The molecule has 0 aliphatic heterocycles. The molecule has 0 fully saturated rings. The highest BCUT2D eigenvalue weighted by Crippen LogP contribution is 2.21. The van der Waals surface area contributed by atoms with Crippen molar-refractivity contribution in [2.75, 3.05) is 11.9 Å². The highest BCUT2D eigenvalue weighted by Gasteiger charge is 2.09. The lowest BCUT2D eigenvalue weighted by Crippen LogP contribution is -2.20. The topological polar surface area (TPSA) is 68.5 Å². The van der Waals surface area contributed by atoms with E-state index in [-0.39, 0.29) is 23.8 Å².